The molecule has 0 aromatic carbocycles. The lowest BCUT2D eigenvalue weighted by Crippen LogP contribution is -2.38. The van der Waals surface area contributed by atoms with E-state index in [1.54, 1.807) is 23.7 Å². The molecule has 4 rings (SSSR count). The molecule has 1 atom stereocenters. The van der Waals surface area contributed by atoms with Crippen molar-refractivity contribution >= 4 is 22.2 Å². The van der Waals surface area contributed by atoms with Crippen molar-refractivity contribution in [1.82, 2.24) is 10.3 Å². The number of carbonyl (C=O) groups excluding carboxylic acids is 1. The minimum Gasteiger partial charge on any atom is -0.353 e. The maximum absolute atomic E-state index is 12.4. The summed E-state index contributed by atoms with van der Waals surface area (Å²) in [5.41, 5.74) is 3.19. The fourth-order valence-corrected chi connectivity index (χ4v) is 4.32. The molecule has 0 unspecified atom stereocenters. The number of nitrogens with zero attached hydrogens (tertiary/aromatic N) is 1. The van der Waals surface area contributed by atoms with E-state index < -0.39 is 0 Å². The molecule has 1 amide bonds. The number of hydrogen-bond donors (Lipinski definition) is 2. The number of aromatic nitrogens is 1. The molecule has 0 saturated carbocycles. The highest BCUT2D eigenvalue weighted by Crippen LogP contribution is 2.41. The maximum Gasteiger partial charge on any atom is 0.256 e. The van der Waals surface area contributed by atoms with Crippen LogP contribution in [0.3, 0.4) is 0 Å². The van der Waals surface area contributed by atoms with Gasteiger partial charge in [0.25, 0.3) is 5.91 Å². The van der Waals surface area contributed by atoms with Crippen molar-refractivity contribution in [2.24, 2.45) is 0 Å². The van der Waals surface area contributed by atoms with Crippen LogP contribution in [0.4, 0.5) is 5.00 Å². The van der Waals surface area contributed by atoms with E-state index in [-0.39, 0.29) is 12.1 Å². The lowest BCUT2D eigenvalue weighted by atomic mass is 9.94. The van der Waals surface area contributed by atoms with Gasteiger partial charge in [-0.1, -0.05) is 0 Å². The average molecular weight is 285 g/mol. The largest absolute Gasteiger partial charge is 0.353 e. The minimum atomic E-state index is -0.155. The Morgan fingerprint density at radius 3 is 2.80 bits per heavy atom. The second kappa shape index (κ2) is 4.59. The first kappa shape index (κ1) is 11.9. The third-order valence-corrected chi connectivity index (χ3v) is 5.21. The van der Waals surface area contributed by atoms with Crippen LogP contribution in [0.2, 0.25) is 0 Å². The number of pyridine rings is 1. The monoisotopic (exact) mass is 285 g/mol. The molecule has 0 fully saturated rings. The number of thiophene rings is 1. The Kier molecular flexibility index (Phi) is 2.73. The number of amides is 1. The summed E-state index contributed by atoms with van der Waals surface area (Å²) in [6, 6.07) is 3.85. The molecule has 1 aliphatic carbocycles. The highest BCUT2D eigenvalue weighted by molar-refractivity contribution is 7.16. The van der Waals surface area contributed by atoms with Gasteiger partial charge in [0.1, 0.15) is 11.2 Å². The molecular formula is C15H15N3OS. The normalized spacial score (nSPS) is 20.6. The lowest BCUT2D eigenvalue weighted by Gasteiger charge is -2.26. The Bertz CT molecular complexity index is 665. The van der Waals surface area contributed by atoms with E-state index in [1.165, 1.54) is 23.3 Å². The number of carbonyl (C=O) groups is 1. The van der Waals surface area contributed by atoms with Crippen molar-refractivity contribution in [2.45, 2.75) is 31.8 Å². The quantitative estimate of drug-likeness (QED) is 0.847. The first-order valence-electron chi connectivity index (χ1n) is 6.95. The SMILES string of the molecule is O=C1N[C@@H](c2ccncc2)Nc2sc3c(c21)CCCC3. The van der Waals surface area contributed by atoms with Crippen LogP contribution >= 0.6 is 11.3 Å². The highest BCUT2D eigenvalue weighted by atomic mass is 32.1. The highest BCUT2D eigenvalue weighted by Gasteiger charge is 2.31. The van der Waals surface area contributed by atoms with Crippen molar-refractivity contribution in [3.8, 4) is 0 Å². The Labute approximate surface area is 121 Å². The van der Waals surface area contributed by atoms with E-state index in [2.05, 4.69) is 15.6 Å². The van der Waals surface area contributed by atoms with Crippen LogP contribution in [0, 0.1) is 0 Å². The van der Waals surface area contributed by atoms with E-state index in [1.807, 2.05) is 12.1 Å². The van der Waals surface area contributed by atoms with Crippen LogP contribution < -0.4 is 10.6 Å². The van der Waals surface area contributed by atoms with Gasteiger partial charge in [-0.15, -0.1) is 11.3 Å². The van der Waals surface area contributed by atoms with Crippen LogP contribution in [-0.4, -0.2) is 10.9 Å². The van der Waals surface area contributed by atoms with Crippen LogP contribution in [0.15, 0.2) is 24.5 Å². The van der Waals surface area contributed by atoms with E-state index in [4.69, 9.17) is 0 Å². The molecule has 2 N–H and O–H groups in total. The summed E-state index contributed by atoms with van der Waals surface area (Å²) in [6.07, 6.45) is 7.92. The van der Waals surface area contributed by atoms with E-state index in [0.29, 0.717) is 0 Å². The molecule has 102 valence electrons. The van der Waals surface area contributed by atoms with Crippen molar-refractivity contribution in [3.05, 3.63) is 46.1 Å². The molecule has 2 aromatic heterocycles. The van der Waals surface area contributed by atoms with Gasteiger partial charge in [-0.25, -0.2) is 0 Å². The molecule has 1 aliphatic heterocycles. The van der Waals surface area contributed by atoms with Gasteiger partial charge >= 0.3 is 0 Å². The summed E-state index contributed by atoms with van der Waals surface area (Å²) in [6.45, 7) is 0. The summed E-state index contributed by atoms with van der Waals surface area (Å²) in [5.74, 6) is 0.0555. The third kappa shape index (κ3) is 1.81. The molecule has 0 radical (unpaired) electrons. The fourth-order valence-electron chi connectivity index (χ4n) is 3.00. The van der Waals surface area contributed by atoms with Crippen molar-refractivity contribution in [1.29, 1.82) is 0 Å². The van der Waals surface area contributed by atoms with Crippen LogP contribution in [0.5, 0.6) is 0 Å². The number of rotatable bonds is 1. The van der Waals surface area contributed by atoms with E-state index >= 15 is 0 Å². The minimum absolute atomic E-state index is 0.0555. The standard InChI is InChI=1S/C15H15N3OS/c19-14-12-10-3-1-2-4-11(10)20-15(12)18-13(17-14)9-5-7-16-8-6-9/h5-8,13,18H,1-4H2,(H,17,19)/t13-/m1/s1. The zero-order chi connectivity index (χ0) is 13.5. The zero-order valence-electron chi connectivity index (χ0n) is 11.0. The molecule has 0 saturated heterocycles. The Morgan fingerprint density at radius 2 is 1.95 bits per heavy atom. The average Bonchev–Trinajstić information content (AvgIpc) is 2.87. The molecule has 0 bridgehead atoms. The third-order valence-electron chi connectivity index (χ3n) is 3.99. The van der Waals surface area contributed by atoms with Gasteiger partial charge in [-0.2, -0.15) is 0 Å². The summed E-state index contributed by atoms with van der Waals surface area (Å²) in [5, 5.41) is 7.54. The molecule has 0 spiro atoms. The maximum atomic E-state index is 12.4. The number of anilines is 1. The van der Waals surface area contributed by atoms with E-state index in [0.717, 1.165) is 29.0 Å². The number of nitrogens with one attached hydrogen (secondary N) is 2. The molecule has 2 aromatic rings. The van der Waals surface area contributed by atoms with Gasteiger partial charge < -0.3 is 10.6 Å². The van der Waals surface area contributed by atoms with Gasteiger partial charge in [0.15, 0.2) is 0 Å². The lowest BCUT2D eigenvalue weighted by molar-refractivity contribution is 0.0935. The summed E-state index contributed by atoms with van der Waals surface area (Å²) >= 11 is 1.75. The number of hydrogen-bond acceptors (Lipinski definition) is 4. The predicted octanol–water partition coefficient (Wildman–Crippen LogP) is 2.88. The molecule has 2 aliphatic rings. The number of aryl methyl sites for hydroxylation is 1. The molecule has 3 heterocycles. The van der Waals surface area contributed by atoms with Crippen molar-refractivity contribution in [3.63, 3.8) is 0 Å². The molecule has 4 nitrogen and oxygen atoms in total. The van der Waals surface area contributed by atoms with Crippen LogP contribution in [-0.2, 0) is 12.8 Å². The fraction of sp³-hybridized carbons (Fsp3) is 0.333. The topological polar surface area (TPSA) is 54.0 Å². The predicted molar refractivity (Wildman–Crippen MR) is 79.0 cm³/mol. The van der Waals surface area contributed by atoms with Crippen molar-refractivity contribution < 1.29 is 4.79 Å². The van der Waals surface area contributed by atoms with Gasteiger partial charge in [0, 0.05) is 17.3 Å². The van der Waals surface area contributed by atoms with Crippen LogP contribution in [0.1, 0.15) is 45.4 Å². The summed E-state index contributed by atoms with van der Waals surface area (Å²) < 4.78 is 0. The van der Waals surface area contributed by atoms with Gasteiger partial charge in [-0.3, -0.25) is 9.78 Å². The second-order valence-corrected chi connectivity index (χ2v) is 6.35. The number of fused-ring (bicyclic) bond motifs is 3. The van der Waals surface area contributed by atoms with Gasteiger partial charge in [0.05, 0.1) is 5.56 Å². The summed E-state index contributed by atoms with van der Waals surface area (Å²) in [4.78, 5) is 17.8. The smallest absolute Gasteiger partial charge is 0.256 e. The Balaban J connectivity index is 1.73. The first-order valence-corrected chi connectivity index (χ1v) is 7.76. The molecule has 5 heteroatoms. The van der Waals surface area contributed by atoms with Gasteiger partial charge in [0.2, 0.25) is 0 Å². The molecule has 20 heavy (non-hydrogen) atoms. The Hall–Kier alpha value is -1.88. The van der Waals surface area contributed by atoms with Crippen molar-refractivity contribution in [2.75, 3.05) is 5.32 Å². The first-order chi connectivity index (χ1) is 9.83. The second-order valence-electron chi connectivity index (χ2n) is 5.25. The Morgan fingerprint density at radius 1 is 1.15 bits per heavy atom. The summed E-state index contributed by atoms with van der Waals surface area (Å²) in [7, 11) is 0. The zero-order valence-corrected chi connectivity index (χ0v) is 11.8. The van der Waals surface area contributed by atoms with E-state index in [9.17, 15) is 4.79 Å². The van der Waals surface area contributed by atoms with Crippen LogP contribution in [0.25, 0.3) is 0 Å². The van der Waals surface area contributed by atoms with Gasteiger partial charge in [-0.05, 0) is 48.9 Å². The molecular weight excluding hydrogens is 270 g/mol.